The van der Waals surface area contributed by atoms with Gasteiger partial charge < -0.3 is 11.5 Å². The fraction of sp³-hybridized carbons (Fsp3) is 0.462. The lowest BCUT2D eigenvalue weighted by atomic mass is 9.83. The second-order valence-electron chi connectivity index (χ2n) is 4.27. The zero-order chi connectivity index (χ0) is 12.0. The monoisotopic (exact) mass is 220 g/mol. The molecule has 1 unspecified atom stereocenters. The highest BCUT2D eigenvalue weighted by molar-refractivity contribution is 5.75. The summed E-state index contributed by atoms with van der Waals surface area (Å²) in [6.07, 6.45) is 3.05. The first kappa shape index (κ1) is 12.7. The molecule has 16 heavy (non-hydrogen) atoms. The molecule has 1 rings (SSSR count). The molecule has 0 spiro atoms. The zero-order valence-electron chi connectivity index (χ0n) is 9.78. The Morgan fingerprint density at radius 2 is 1.94 bits per heavy atom. The van der Waals surface area contributed by atoms with Crippen LogP contribution < -0.4 is 11.5 Å². The molecule has 0 aliphatic carbocycles. The summed E-state index contributed by atoms with van der Waals surface area (Å²) in [6, 6.07) is 9.72. The molecule has 0 fully saturated rings. The van der Waals surface area contributed by atoms with Crippen LogP contribution in [-0.4, -0.2) is 5.91 Å². The van der Waals surface area contributed by atoms with E-state index in [0.717, 1.165) is 24.8 Å². The van der Waals surface area contributed by atoms with E-state index in [1.54, 1.807) is 0 Å². The quantitative estimate of drug-likeness (QED) is 0.768. The van der Waals surface area contributed by atoms with Crippen LogP contribution >= 0.6 is 0 Å². The lowest BCUT2D eigenvalue weighted by Gasteiger charge is -2.28. The Morgan fingerprint density at radius 3 is 2.44 bits per heavy atom. The maximum absolute atomic E-state index is 11.1. The molecule has 0 bridgehead atoms. The first-order valence-corrected chi connectivity index (χ1v) is 5.71. The number of rotatable bonds is 6. The van der Waals surface area contributed by atoms with Gasteiger partial charge in [0.15, 0.2) is 0 Å². The number of unbranched alkanes of at least 4 members (excludes halogenated alkanes) is 1. The third-order valence-electron chi connectivity index (χ3n) is 2.81. The van der Waals surface area contributed by atoms with Crippen LogP contribution in [0.2, 0.25) is 0 Å². The van der Waals surface area contributed by atoms with Gasteiger partial charge in [-0.15, -0.1) is 0 Å². The van der Waals surface area contributed by atoms with Crippen molar-refractivity contribution >= 4 is 5.91 Å². The van der Waals surface area contributed by atoms with Crippen molar-refractivity contribution in [3.8, 4) is 0 Å². The van der Waals surface area contributed by atoms with Gasteiger partial charge in [-0.25, -0.2) is 0 Å². The van der Waals surface area contributed by atoms with Crippen LogP contribution in [-0.2, 0) is 10.3 Å². The summed E-state index contributed by atoms with van der Waals surface area (Å²) >= 11 is 0. The molecule has 0 saturated heterocycles. The molecule has 1 amide bonds. The topological polar surface area (TPSA) is 69.1 Å². The fourth-order valence-electron chi connectivity index (χ4n) is 1.91. The summed E-state index contributed by atoms with van der Waals surface area (Å²) < 4.78 is 0. The molecule has 0 aromatic heterocycles. The van der Waals surface area contributed by atoms with E-state index in [1.807, 2.05) is 30.3 Å². The highest BCUT2D eigenvalue weighted by atomic mass is 16.1. The van der Waals surface area contributed by atoms with Crippen molar-refractivity contribution < 1.29 is 4.79 Å². The first-order valence-electron chi connectivity index (χ1n) is 5.71. The van der Waals surface area contributed by atoms with E-state index in [-0.39, 0.29) is 12.3 Å². The Kier molecular flexibility index (Phi) is 4.50. The van der Waals surface area contributed by atoms with Gasteiger partial charge in [0.2, 0.25) is 5.91 Å². The van der Waals surface area contributed by atoms with Gasteiger partial charge in [-0.05, 0) is 12.0 Å². The average molecular weight is 220 g/mol. The molecule has 4 N–H and O–H groups in total. The minimum Gasteiger partial charge on any atom is -0.370 e. The van der Waals surface area contributed by atoms with Gasteiger partial charge in [0.05, 0.1) is 0 Å². The number of benzene rings is 1. The lowest BCUT2D eigenvalue weighted by molar-refractivity contribution is -0.119. The van der Waals surface area contributed by atoms with Gasteiger partial charge in [-0.2, -0.15) is 0 Å². The highest BCUT2D eigenvalue weighted by Crippen LogP contribution is 2.27. The molecular weight excluding hydrogens is 200 g/mol. The Balaban J connectivity index is 2.90. The summed E-state index contributed by atoms with van der Waals surface area (Å²) in [5.74, 6) is -0.345. The molecule has 0 saturated carbocycles. The minimum atomic E-state index is -0.608. The van der Waals surface area contributed by atoms with E-state index in [2.05, 4.69) is 6.92 Å². The van der Waals surface area contributed by atoms with Crippen molar-refractivity contribution in [2.75, 3.05) is 0 Å². The van der Waals surface area contributed by atoms with Gasteiger partial charge in [0.25, 0.3) is 0 Å². The highest BCUT2D eigenvalue weighted by Gasteiger charge is 2.28. The van der Waals surface area contributed by atoms with Gasteiger partial charge in [0, 0.05) is 12.0 Å². The molecule has 0 aliphatic heterocycles. The van der Waals surface area contributed by atoms with E-state index in [0.29, 0.717) is 0 Å². The van der Waals surface area contributed by atoms with Crippen LogP contribution in [0.3, 0.4) is 0 Å². The van der Waals surface area contributed by atoms with Gasteiger partial charge in [-0.1, -0.05) is 50.1 Å². The van der Waals surface area contributed by atoms with Crippen molar-refractivity contribution in [3.63, 3.8) is 0 Å². The maximum atomic E-state index is 11.1. The smallest absolute Gasteiger partial charge is 0.219 e. The summed E-state index contributed by atoms with van der Waals surface area (Å²) in [5, 5.41) is 0. The number of primary amides is 1. The lowest BCUT2D eigenvalue weighted by Crippen LogP contribution is -2.40. The van der Waals surface area contributed by atoms with Crippen LogP contribution in [0.4, 0.5) is 0 Å². The maximum Gasteiger partial charge on any atom is 0.219 e. The van der Waals surface area contributed by atoms with Crippen LogP contribution in [0.1, 0.15) is 38.2 Å². The number of amides is 1. The Morgan fingerprint density at radius 1 is 1.31 bits per heavy atom. The third-order valence-corrected chi connectivity index (χ3v) is 2.81. The van der Waals surface area contributed by atoms with Crippen molar-refractivity contribution in [3.05, 3.63) is 35.9 Å². The van der Waals surface area contributed by atoms with Crippen molar-refractivity contribution in [1.29, 1.82) is 0 Å². The van der Waals surface area contributed by atoms with E-state index in [4.69, 9.17) is 11.5 Å². The standard InChI is InChI=1S/C13H20N2O/c1-2-3-9-13(15,10-12(14)16)11-7-5-4-6-8-11/h4-8H,2-3,9-10,15H2,1H3,(H2,14,16). The zero-order valence-corrected chi connectivity index (χ0v) is 9.78. The second-order valence-corrected chi connectivity index (χ2v) is 4.27. The Hall–Kier alpha value is -1.35. The predicted octanol–water partition coefficient (Wildman–Crippen LogP) is 1.91. The average Bonchev–Trinajstić information content (AvgIpc) is 2.27. The molecule has 3 nitrogen and oxygen atoms in total. The number of hydrogen-bond acceptors (Lipinski definition) is 2. The molecule has 1 aromatic rings. The van der Waals surface area contributed by atoms with Gasteiger partial charge in [0.1, 0.15) is 0 Å². The van der Waals surface area contributed by atoms with E-state index in [9.17, 15) is 4.79 Å². The molecule has 1 aromatic carbocycles. The van der Waals surface area contributed by atoms with E-state index in [1.165, 1.54) is 0 Å². The molecule has 3 heteroatoms. The first-order chi connectivity index (χ1) is 7.58. The van der Waals surface area contributed by atoms with Crippen molar-refractivity contribution in [2.45, 2.75) is 38.1 Å². The summed E-state index contributed by atoms with van der Waals surface area (Å²) in [7, 11) is 0. The largest absolute Gasteiger partial charge is 0.370 e. The molecule has 1 atom stereocenters. The van der Waals surface area contributed by atoms with E-state index >= 15 is 0 Å². The fourth-order valence-corrected chi connectivity index (χ4v) is 1.91. The third kappa shape index (κ3) is 3.35. The van der Waals surface area contributed by atoms with Crippen LogP contribution in [0, 0.1) is 0 Å². The normalized spacial score (nSPS) is 14.4. The van der Waals surface area contributed by atoms with Crippen molar-refractivity contribution in [1.82, 2.24) is 0 Å². The minimum absolute atomic E-state index is 0.205. The van der Waals surface area contributed by atoms with Gasteiger partial charge >= 0.3 is 0 Å². The molecule has 0 heterocycles. The number of hydrogen-bond donors (Lipinski definition) is 2. The summed E-state index contributed by atoms with van der Waals surface area (Å²) in [4.78, 5) is 11.1. The van der Waals surface area contributed by atoms with Crippen molar-refractivity contribution in [2.24, 2.45) is 11.5 Å². The van der Waals surface area contributed by atoms with E-state index < -0.39 is 5.54 Å². The molecule has 0 radical (unpaired) electrons. The number of nitrogens with two attached hydrogens (primary N) is 2. The predicted molar refractivity (Wildman–Crippen MR) is 65.6 cm³/mol. The Labute approximate surface area is 96.8 Å². The molecule has 0 aliphatic rings. The van der Waals surface area contributed by atoms with Crippen LogP contribution in [0.5, 0.6) is 0 Å². The summed E-state index contributed by atoms with van der Waals surface area (Å²) in [5.41, 5.74) is 12.0. The SMILES string of the molecule is CCCCC(N)(CC(N)=O)c1ccccc1. The van der Waals surface area contributed by atoms with Crippen LogP contribution in [0.15, 0.2) is 30.3 Å². The van der Waals surface area contributed by atoms with Gasteiger partial charge in [-0.3, -0.25) is 4.79 Å². The Bertz CT molecular complexity index is 337. The summed E-state index contributed by atoms with van der Waals surface area (Å²) in [6.45, 7) is 2.11. The number of carbonyl (C=O) groups excluding carboxylic acids is 1. The second kappa shape index (κ2) is 5.66. The number of carbonyl (C=O) groups is 1. The molecular formula is C13H20N2O. The van der Waals surface area contributed by atoms with Crippen LogP contribution in [0.25, 0.3) is 0 Å². The molecule has 88 valence electrons.